The normalized spacial score (nSPS) is 14.5. The van der Waals surface area contributed by atoms with E-state index in [1.165, 1.54) is 11.3 Å². The molecule has 1 aromatic rings. The third-order valence-corrected chi connectivity index (χ3v) is 4.05. The van der Waals surface area contributed by atoms with Gasteiger partial charge in [0, 0.05) is 14.7 Å². The Balaban J connectivity index is 2.76. The number of carbonyl (C=O) groups excluding carboxylic acids is 1. The molecule has 1 heterocycles. The van der Waals surface area contributed by atoms with Crippen LogP contribution >= 0.6 is 27.3 Å². The molecule has 0 fully saturated rings. The number of aliphatic hydroxyl groups is 1. The minimum Gasteiger partial charge on any atom is -0.466 e. The van der Waals surface area contributed by atoms with Gasteiger partial charge < -0.3 is 9.84 Å². The smallest absolute Gasteiger partial charge is 0.311 e. The van der Waals surface area contributed by atoms with Crippen LogP contribution in [-0.4, -0.2) is 17.7 Å². The van der Waals surface area contributed by atoms with Crippen molar-refractivity contribution in [2.45, 2.75) is 26.4 Å². The van der Waals surface area contributed by atoms with Gasteiger partial charge in [0.2, 0.25) is 0 Å². The summed E-state index contributed by atoms with van der Waals surface area (Å²) >= 11 is 4.75. The maximum absolute atomic E-state index is 11.6. The molecule has 0 aliphatic heterocycles. The van der Waals surface area contributed by atoms with Gasteiger partial charge >= 0.3 is 5.97 Å². The van der Waals surface area contributed by atoms with Crippen LogP contribution < -0.4 is 0 Å². The summed E-state index contributed by atoms with van der Waals surface area (Å²) in [6, 6.07) is 1.83. The molecule has 0 spiro atoms. The Hall–Kier alpha value is -0.390. The van der Waals surface area contributed by atoms with Gasteiger partial charge in [0.15, 0.2) is 0 Å². The van der Waals surface area contributed by atoms with E-state index in [-0.39, 0.29) is 5.97 Å². The first-order valence-corrected chi connectivity index (χ1v) is 6.86. The van der Waals surface area contributed by atoms with E-state index < -0.39 is 12.0 Å². The summed E-state index contributed by atoms with van der Waals surface area (Å²) < 4.78 is 5.86. The van der Waals surface area contributed by atoms with Crippen LogP contribution in [0.15, 0.2) is 15.9 Å². The molecule has 0 aliphatic carbocycles. The predicted octanol–water partition coefficient (Wildman–Crippen LogP) is 3.13. The van der Waals surface area contributed by atoms with E-state index in [0.29, 0.717) is 13.0 Å². The quantitative estimate of drug-likeness (QED) is 0.850. The first kappa shape index (κ1) is 13.7. The van der Waals surface area contributed by atoms with Gasteiger partial charge in [-0.25, -0.2) is 0 Å². The molecule has 2 atom stereocenters. The first-order valence-electron chi connectivity index (χ1n) is 5.18. The van der Waals surface area contributed by atoms with Crippen molar-refractivity contribution >= 4 is 33.2 Å². The van der Waals surface area contributed by atoms with E-state index in [0.717, 1.165) is 9.35 Å². The highest BCUT2D eigenvalue weighted by Gasteiger charge is 2.28. The Morgan fingerprint density at radius 1 is 1.62 bits per heavy atom. The van der Waals surface area contributed by atoms with Crippen LogP contribution in [0, 0.1) is 5.92 Å². The molecule has 0 amide bonds. The lowest BCUT2D eigenvalue weighted by Crippen LogP contribution is -2.23. The third-order valence-electron chi connectivity index (χ3n) is 2.29. The molecule has 0 aliphatic rings. The highest BCUT2D eigenvalue weighted by atomic mass is 79.9. The van der Waals surface area contributed by atoms with Gasteiger partial charge in [-0.2, -0.15) is 0 Å². The summed E-state index contributed by atoms with van der Waals surface area (Å²) in [4.78, 5) is 12.4. The van der Waals surface area contributed by atoms with Crippen LogP contribution in [0.1, 0.15) is 31.2 Å². The lowest BCUT2D eigenvalue weighted by atomic mass is 9.98. The predicted molar refractivity (Wildman–Crippen MR) is 67.4 cm³/mol. The van der Waals surface area contributed by atoms with Crippen LogP contribution in [0.4, 0.5) is 0 Å². The third kappa shape index (κ3) is 3.30. The zero-order chi connectivity index (χ0) is 12.1. The highest BCUT2D eigenvalue weighted by Crippen LogP contribution is 2.32. The SMILES string of the molecule is CCOC(=O)C(CC)C(O)c1cc(Br)cs1. The standard InChI is InChI=1S/C11H15BrO3S/c1-3-8(11(14)15-4-2)10(13)9-5-7(12)6-16-9/h5-6,8,10,13H,3-4H2,1-2H3. The van der Waals surface area contributed by atoms with E-state index >= 15 is 0 Å². The Bertz CT molecular complexity index is 351. The zero-order valence-electron chi connectivity index (χ0n) is 9.27. The second-order valence-corrected chi connectivity index (χ2v) is 5.24. The Labute approximate surface area is 108 Å². The summed E-state index contributed by atoms with van der Waals surface area (Å²) in [6.07, 6.45) is -0.212. The molecule has 90 valence electrons. The maximum atomic E-state index is 11.6. The number of hydrogen-bond acceptors (Lipinski definition) is 4. The molecule has 1 rings (SSSR count). The van der Waals surface area contributed by atoms with Crippen LogP contribution in [0.5, 0.6) is 0 Å². The summed E-state index contributed by atoms with van der Waals surface area (Å²) in [5, 5.41) is 12.0. The van der Waals surface area contributed by atoms with Gasteiger partial charge in [-0.15, -0.1) is 11.3 Å². The number of halogens is 1. The summed E-state index contributed by atoms with van der Waals surface area (Å²) in [5.74, 6) is -0.812. The lowest BCUT2D eigenvalue weighted by Gasteiger charge is -2.18. The van der Waals surface area contributed by atoms with Crippen LogP contribution in [0.25, 0.3) is 0 Å². The number of hydrogen-bond donors (Lipinski definition) is 1. The number of esters is 1. The largest absolute Gasteiger partial charge is 0.466 e. The number of thiophene rings is 1. The van der Waals surface area contributed by atoms with Crippen LogP contribution in [0.3, 0.4) is 0 Å². The van der Waals surface area contributed by atoms with Crippen molar-refractivity contribution in [2.75, 3.05) is 6.61 Å². The van der Waals surface area contributed by atoms with Gasteiger partial charge in [0.25, 0.3) is 0 Å². The molecule has 16 heavy (non-hydrogen) atoms. The number of aliphatic hydroxyl groups excluding tert-OH is 1. The van der Waals surface area contributed by atoms with E-state index in [1.54, 1.807) is 6.92 Å². The van der Waals surface area contributed by atoms with E-state index in [1.807, 2.05) is 18.4 Å². The van der Waals surface area contributed by atoms with E-state index in [9.17, 15) is 9.90 Å². The molecule has 0 radical (unpaired) electrons. The van der Waals surface area contributed by atoms with Gasteiger partial charge in [-0.1, -0.05) is 6.92 Å². The van der Waals surface area contributed by atoms with Crippen molar-refractivity contribution in [3.8, 4) is 0 Å². The number of rotatable bonds is 5. The second-order valence-electron chi connectivity index (χ2n) is 3.38. The van der Waals surface area contributed by atoms with Gasteiger partial charge in [0.1, 0.15) is 6.10 Å². The van der Waals surface area contributed by atoms with E-state index in [2.05, 4.69) is 15.9 Å². The summed E-state index contributed by atoms with van der Waals surface area (Å²) in [7, 11) is 0. The average Bonchev–Trinajstić information content (AvgIpc) is 2.66. The average molecular weight is 307 g/mol. The van der Waals surface area contributed by atoms with Crippen molar-refractivity contribution in [3.05, 3.63) is 20.8 Å². The Morgan fingerprint density at radius 2 is 2.31 bits per heavy atom. The molecule has 1 aromatic heterocycles. The van der Waals surface area contributed by atoms with Crippen molar-refractivity contribution < 1.29 is 14.6 Å². The number of carbonyl (C=O) groups is 1. The van der Waals surface area contributed by atoms with E-state index in [4.69, 9.17) is 4.74 Å². The fraction of sp³-hybridized carbons (Fsp3) is 0.545. The van der Waals surface area contributed by atoms with Crippen molar-refractivity contribution in [1.82, 2.24) is 0 Å². The molecular weight excluding hydrogens is 292 g/mol. The molecule has 0 aromatic carbocycles. The first-order chi connectivity index (χ1) is 7.60. The molecule has 0 bridgehead atoms. The monoisotopic (exact) mass is 306 g/mol. The molecular formula is C11H15BrO3S. The van der Waals surface area contributed by atoms with Crippen molar-refractivity contribution in [2.24, 2.45) is 5.92 Å². The fourth-order valence-corrected chi connectivity index (χ4v) is 2.94. The van der Waals surface area contributed by atoms with Gasteiger partial charge in [-0.05, 0) is 35.3 Å². The van der Waals surface area contributed by atoms with Crippen molar-refractivity contribution in [1.29, 1.82) is 0 Å². The minimum absolute atomic E-state index is 0.331. The molecule has 0 saturated heterocycles. The molecule has 5 heteroatoms. The van der Waals surface area contributed by atoms with Crippen LogP contribution in [-0.2, 0) is 9.53 Å². The van der Waals surface area contributed by atoms with Crippen LogP contribution in [0.2, 0.25) is 0 Å². The molecule has 1 N–H and O–H groups in total. The topological polar surface area (TPSA) is 46.5 Å². The maximum Gasteiger partial charge on any atom is 0.311 e. The molecule has 0 saturated carbocycles. The molecule has 3 nitrogen and oxygen atoms in total. The number of ether oxygens (including phenoxy) is 1. The lowest BCUT2D eigenvalue weighted by molar-refractivity contribution is -0.152. The Kier molecular flexibility index (Phi) is 5.44. The molecule has 2 unspecified atom stereocenters. The van der Waals surface area contributed by atoms with Gasteiger partial charge in [0.05, 0.1) is 12.5 Å². The highest BCUT2D eigenvalue weighted by molar-refractivity contribution is 9.10. The van der Waals surface area contributed by atoms with Gasteiger partial charge in [-0.3, -0.25) is 4.79 Å². The zero-order valence-corrected chi connectivity index (χ0v) is 11.7. The minimum atomic E-state index is -0.777. The fourth-order valence-electron chi connectivity index (χ4n) is 1.45. The Morgan fingerprint density at radius 3 is 2.75 bits per heavy atom. The second kappa shape index (κ2) is 6.37. The van der Waals surface area contributed by atoms with Crippen molar-refractivity contribution in [3.63, 3.8) is 0 Å². The summed E-state index contributed by atoms with van der Waals surface area (Å²) in [5.41, 5.74) is 0. The summed E-state index contributed by atoms with van der Waals surface area (Å²) in [6.45, 7) is 3.97.